The number of unbranched alkanes of at least 4 members (excludes halogenated alkanes) is 3. The van der Waals surface area contributed by atoms with Crippen LogP contribution in [0.1, 0.15) is 87.9 Å². The number of alkyl halides is 2. The molecule has 1 saturated carbocycles. The molecule has 5 heteroatoms. The number of aliphatic hydroxyl groups excluding tert-OH is 1. The van der Waals surface area contributed by atoms with E-state index in [2.05, 4.69) is 31.2 Å². The molecule has 0 amide bonds. The third-order valence-electron chi connectivity index (χ3n) is 5.89. The Bertz CT molecular complexity index is 644. The summed E-state index contributed by atoms with van der Waals surface area (Å²) in [4.78, 5) is 10.6. The van der Waals surface area contributed by atoms with Gasteiger partial charge in [0, 0.05) is 23.1 Å². The lowest BCUT2D eigenvalue weighted by Crippen LogP contribution is -2.16. The number of carboxylic acids is 1. The van der Waals surface area contributed by atoms with Gasteiger partial charge in [0.15, 0.2) is 0 Å². The van der Waals surface area contributed by atoms with E-state index >= 15 is 0 Å². The molecule has 1 aromatic rings. The van der Waals surface area contributed by atoms with Gasteiger partial charge in [-0.3, -0.25) is 4.79 Å². The highest BCUT2D eigenvalue weighted by molar-refractivity contribution is 6.25. The molecule has 2 rings (SSSR count). The molecule has 2 unspecified atom stereocenters. The molecule has 1 aromatic carbocycles. The summed E-state index contributed by atoms with van der Waals surface area (Å²) < 4.78 is 0. The summed E-state index contributed by atoms with van der Waals surface area (Å²) >= 11 is 13.3. The number of hydrogen-bond acceptors (Lipinski definition) is 2. The van der Waals surface area contributed by atoms with Gasteiger partial charge in [-0.2, -0.15) is 0 Å². The number of allylic oxidation sites excluding steroid dienone is 2. The van der Waals surface area contributed by atoms with Crippen LogP contribution in [0.5, 0.6) is 0 Å². The molecule has 0 aliphatic heterocycles. The minimum Gasteiger partial charge on any atom is -0.481 e. The van der Waals surface area contributed by atoms with Crippen LogP contribution in [0.3, 0.4) is 0 Å². The lowest BCUT2D eigenvalue weighted by molar-refractivity contribution is -0.137. The van der Waals surface area contributed by atoms with E-state index < -0.39 is 12.1 Å². The van der Waals surface area contributed by atoms with E-state index in [1.165, 1.54) is 5.56 Å². The Kier molecular flexibility index (Phi) is 10.5. The van der Waals surface area contributed by atoms with E-state index in [-0.39, 0.29) is 29.0 Å². The van der Waals surface area contributed by atoms with E-state index in [4.69, 9.17) is 28.3 Å². The Morgan fingerprint density at radius 3 is 2.52 bits per heavy atom. The molecule has 3 nitrogen and oxygen atoms in total. The molecule has 162 valence electrons. The molecule has 0 radical (unpaired) electrons. The number of carboxylic acid groups (broad SMARTS) is 1. The van der Waals surface area contributed by atoms with Crippen molar-refractivity contribution in [3.8, 4) is 0 Å². The number of hydrogen-bond donors (Lipinski definition) is 2. The molecule has 1 aliphatic rings. The third kappa shape index (κ3) is 7.62. The SMILES string of the molecule is CCCCCC(O)c1ccc([C@H]2C(Cl)C[C@@H](Cl)[C@@H]2C/C=C\CCCC(=O)O)cc1. The molecule has 1 aliphatic carbocycles. The summed E-state index contributed by atoms with van der Waals surface area (Å²) in [7, 11) is 0. The van der Waals surface area contributed by atoms with Crippen molar-refractivity contribution in [1.29, 1.82) is 0 Å². The first kappa shape index (κ1) is 24.2. The number of benzene rings is 1. The van der Waals surface area contributed by atoms with Crippen molar-refractivity contribution in [3.05, 3.63) is 47.5 Å². The second kappa shape index (κ2) is 12.6. The van der Waals surface area contributed by atoms with E-state index in [9.17, 15) is 9.90 Å². The maximum absolute atomic E-state index is 10.6. The number of carbonyl (C=O) groups is 1. The second-order valence-electron chi connectivity index (χ2n) is 8.13. The predicted molar refractivity (Wildman–Crippen MR) is 121 cm³/mol. The smallest absolute Gasteiger partial charge is 0.303 e. The summed E-state index contributed by atoms with van der Waals surface area (Å²) in [5.74, 6) is -0.302. The summed E-state index contributed by atoms with van der Waals surface area (Å²) in [6.07, 6.45) is 11.2. The fraction of sp³-hybridized carbons (Fsp3) is 0.625. The lowest BCUT2D eigenvalue weighted by Gasteiger charge is -2.23. The molecule has 0 spiro atoms. The zero-order valence-corrected chi connectivity index (χ0v) is 18.8. The first-order chi connectivity index (χ1) is 13.9. The van der Waals surface area contributed by atoms with Crippen LogP contribution in [-0.4, -0.2) is 26.9 Å². The van der Waals surface area contributed by atoms with Gasteiger partial charge in [0.05, 0.1) is 6.10 Å². The van der Waals surface area contributed by atoms with Gasteiger partial charge in [-0.1, -0.05) is 62.6 Å². The highest BCUT2D eigenvalue weighted by atomic mass is 35.5. The van der Waals surface area contributed by atoms with Gasteiger partial charge >= 0.3 is 5.97 Å². The molecule has 0 heterocycles. The quantitative estimate of drug-likeness (QED) is 0.213. The molecule has 0 aromatic heterocycles. The summed E-state index contributed by atoms with van der Waals surface area (Å²) in [5, 5.41) is 19.1. The van der Waals surface area contributed by atoms with Crippen molar-refractivity contribution >= 4 is 29.2 Å². The molecule has 0 bridgehead atoms. The van der Waals surface area contributed by atoms with Crippen molar-refractivity contribution in [2.45, 2.75) is 87.5 Å². The minimum absolute atomic E-state index is 0.00300. The highest BCUT2D eigenvalue weighted by Crippen LogP contribution is 2.47. The van der Waals surface area contributed by atoms with Crippen LogP contribution >= 0.6 is 23.2 Å². The van der Waals surface area contributed by atoms with Gasteiger partial charge in [0.1, 0.15) is 0 Å². The Balaban J connectivity index is 1.96. The van der Waals surface area contributed by atoms with Crippen molar-refractivity contribution in [3.63, 3.8) is 0 Å². The van der Waals surface area contributed by atoms with Crippen molar-refractivity contribution in [2.75, 3.05) is 0 Å². The van der Waals surface area contributed by atoms with E-state index in [0.717, 1.165) is 50.5 Å². The first-order valence-corrected chi connectivity index (χ1v) is 11.7. The summed E-state index contributed by atoms with van der Waals surface area (Å²) in [5.41, 5.74) is 2.15. The van der Waals surface area contributed by atoms with Crippen LogP contribution in [0, 0.1) is 5.92 Å². The average molecular weight is 441 g/mol. The molecule has 0 saturated heterocycles. The number of halogens is 2. The van der Waals surface area contributed by atoms with Gasteiger partial charge in [-0.25, -0.2) is 0 Å². The summed E-state index contributed by atoms with van der Waals surface area (Å²) in [6, 6.07) is 8.24. The van der Waals surface area contributed by atoms with Crippen molar-refractivity contribution in [1.82, 2.24) is 0 Å². The Morgan fingerprint density at radius 2 is 1.86 bits per heavy atom. The van der Waals surface area contributed by atoms with E-state index in [1.54, 1.807) is 0 Å². The van der Waals surface area contributed by atoms with Crippen molar-refractivity contribution < 1.29 is 15.0 Å². The lowest BCUT2D eigenvalue weighted by atomic mass is 9.85. The topological polar surface area (TPSA) is 57.5 Å². The highest BCUT2D eigenvalue weighted by Gasteiger charge is 2.41. The van der Waals surface area contributed by atoms with Crippen LogP contribution in [0.15, 0.2) is 36.4 Å². The van der Waals surface area contributed by atoms with Gasteiger partial charge in [0.25, 0.3) is 0 Å². The fourth-order valence-corrected chi connectivity index (χ4v) is 5.28. The minimum atomic E-state index is -0.751. The Morgan fingerprint density at radius 1 is 1.14 bits per heavy atom. The zero-order valence-electron chi connectivity index (χ0n) is 17.3. The van der Waals surface area contributed by atoms with E-state index in [1.807, 2.05) is 12.1 Å². The van der Waals surface area contributed by atoms with Gasteiger partial charge in [-0.15, -0.1) is 23.2 Å². The molecule has 2 N–H and O–H groups in total. The maximum atomic E-state index is 10.6. The van der Waals surface area contributed by atoms with Gasteiger partial charge in [-0.05, 0) is 49.1 Å². The number of rotatable bonds is 12. The standard InChI is InChI=1S/C24H34Cl2O3/c1-2-3-6-10-22(27)17-12-14-18(15-13-17)24-19(20(25)16-21(24)26)9-7-4-5-8-11-23(28)29/h4,7,12-15,19-22,24,27H,2-3,5-6,8-11,16H2,1H3,(H,28,29)/b7-4-/t19-,20+,21?,22?,24+/m0/s1. The van der Waals surface area contributed by atoms with E-state index in [0.29, 0.717) is 6.42 Å². The largest absolute Gasteiger partial charge is 0.481 e. The first-order valence-electron chi connectivity index (χ1n) is 10.9. The summed E-state index contributed by atoms with van der Waals surface area (Å²) in [6.45, 7) is 2.16. The number of aliphatic carboxylic acids is 1. The van der Waals surface area contributed by atoms with Crippen LogP contribution in [0.25, 0.3) is 0 Å². The molecule has 29 heavy (non-hydrogen) atoms. The van der Waals surface area contributed by atoms with Crippen LogP contribution < -0.4 is 0 Å². The monoisotopic (exact) mass is 440 g/mol. The Hall–Kier alpha value is -1.03. The second-order valence-corrected chi connectivity index (χ2v) is 9.25. The van der Waals surface area contributed by atoms with Crippen LogP contribution in [0.2, 0.25) is 0 Å². The van der Waals surface area contributed by atoms with Gasteiger partial charge in [0.2, 0.25) is 0 Å². The number of aliphatic hydroxyl groups is 1. The maximum Gasteiger partial charge on any atom is 0.303 e. The van der Waals surface area contributed by atoms with Crippen LogP contribution in [-0.2, 0) is 4.79 Å². The van der Waals surface area contributed by atoms with Gasteiger partial charge < -0.3 is 10.2 Å². The molecule has 1 fully saturated rings. The van der Waals surface area contributed by atoms with Crippen LogP contribution in [0.4, 0.5) is 0 Å². The Labute approximate surface area is 185 Å². The molecular formula is C24H34Cl2O3. The molecular weight excluding hydrogens is 407 g/mol. The normalized spacial score (nSPS) is 25.5. The fourth-order valence-electron chi connectivity index (χ4n) is 4.22. The third-order valence-corrected chi connectivity index (χ3v) is 6.84. The van der Waals surface area contributed by atoms with Crippen molar-refractivity contribution in [2.24, 2.45) is 5.92 Å². The zero-order chi connectivity index (χ0) is 21.2. The average Bonchev–Trinajstić information content (AvgIpc) is 2.97. The predicted octanol–water partition coefficient (Wildman–Crippen LogP) is 6.82. The molecule has 5 atom stereocenters.